The summed E-state index contributed by atoms with van der Waals surface area (Å²) in [6.45, 7) is 8.15. The van der Waals surface area contributed by atoms with Crippen LogP contribution < -0.4 is 0 Å². The zero-order valence-corrected chi connectivity index (χ0v) is 12.2. The van der Waals surface area contributed by atoms with Crippen LogP contribution in [0.25, 0.3) is 0 Å². The van der Waals surface area contributed by atoms with Crippen molar-refractivity contribution in [2.45, 2.75) is 37.3 Å². The molecule has 0 aromatic carbocycles. The van der Waals surface area contributed by atoms with E-state index < -0.39 is 5.41 Å². The van der Waals surface area contributed by atoms with E-state index in [4.69, 9.17) is 4.74 Å². The van der Waals surface area contributed by atoms with Gasteiger partial charge in [0.05, 0.1) is 15.3 Å². The maximum absolute atomic E-state index is 11.5. The van der Waals surface area contributed by atoms with Crippen LogP contribution in [0.1, 0.15) is 34.1 Å². The Kier molecular flexibility index (Phi) is 3.10. The summed E-state index contributed by atoms with van der Waals surface area (Å²) in [4.78, 5) is 11.5. The summed E-state index contributed by atoms with van der Waals surface area (Å²) in [7, 11) is 0. The van der Waals surface area contributed by atoms with Gasteiger partial charge in [0, 0.05) is 5.41 Å². The number of alkyl halides is 2. The van der Waals surface area contributed by atoms with Crippen molar-refractivity contribution in [3.63, 3.8) is 0 Å². The maximum Gasteiger partial charge on any atom is 0.311 e. The molecular weight excluding hydrogens is 312 g/mol. The smallest absolute Gasteiger partial charge is 0.311 e. The summed E-state index contributed by atoms with van der Waals surface area (Å²) in [6, 6.07) is 0. The quantitative estimate of drug-likeness (QED) is 0.573. The average Bonchev–Trinajstić information content (AvgIpc) is 2.45. The summed E-state index contributed by atoms with van der Waals surface area (Å²) in [5, 5.41) is 0. The van der Waals surface area contributed by atoms with Crippen molar-refractivity contribution >= 4 is 37.8 Å². The summed E-state index contributed by atoms with van der Waals surface area (Å²) in [5.41, 5.74) is -0.375. The van der Waals surface area contributed by atoms with Crippen molar-refractivity contribution in [3.8, 4) is 0 Å². The number of carbonyl (C=O) groups excluding carboxylic acids is 1. The highest BCUT2D eigenvalue weighted by Gasteiger charge is 2.62. The van der Waals surface area contributed by atoms with Gasteiger partial charge in [0.25, 0.3) is 0 Å². The minimum Gasteiger partial charge on any atom is -0.465 e. The largest absolute Gasteiger partial charge is 0.465 e. The number of rotatable bonds is 2. The van der Waals surface area contributed by atoms with Crippen LogP contribution in [0.4, 0.5) is 0 Å². The molecule has 0 heterocycles. The molecule has 0 amide bonds. The average molecular weight is 328 g/mol. The predicted octanol–water partition coefficient (Wildman–Crippen LogP) is 3.47. The lowest BCUT2D eigenvalue weighted by molar-refractivity contribution is -0.154. The molecule has 0 aromatic rings. The Morgan fingerprint density at radius 1 is 1.43 bits per heavy atom. The van der Waals surface area contributed by atoms with Gasteiger partial charge in [0.2, 0.25) is 0 Å². The molecule has 1 saturated carbocycles. The Morgan fingerprint density at radius 3 is 2.14 bits per heavy atom. The zero-order valence-electron chi connectivity index (χ0n) is 8.99. The van der Waals surface area contributed by atoms with Crippen molar-refractivity contribution in [3.05, 3.63) is 0 Å². The number of esters is 1. The van der Waals surface area contributed by atoms with E-state index in [1.165, 1.54) is 0 Å². The molecule has 0 radical (unpaired) electrons. The van der Waals surface area contributed by atoms with Gasteiger partial charge in [-0.1, -0.05) is 38.8 Å². The molecule has 0 saturated heterocycles. The number of carbonyl (C=O) groups is 1. The normalized spacial score (nSPS) is 29.9. The lowest BCUT2D eigenvalue weighted by Gasteiger charge is -2.19. The van der Waals surface area contributed by atoms with E-state index in [9.17, 15) is 4.79 Å². The fourth-order valence-electron chi connectivity index (χ4n) is 1.04. The third-order valence-electron chi connectivity index (χ3n) is 2.50. The lowest BCUT2D eigenvalue weighted by Crippen LogP contribution is -2.26. The van der Waals surface area contributed by atoms with Crippen molar-refractivity contribution < 1.29 is 9.53 Å². The molecule has 1 atom stereocenters. The number of hydrogen-bond acceptors (Lipinski definition) is 2. The Morgan fingerprint density at radius 2 is 1.86 bits per heavy atom. The summed E-state index contributed by atoms with van der Waals surface area (Å²) in [6.07, 6.45) is 0.984. The highest BCUT2D eigenvalue weighted by molar-refractivity contribution is 9.25. The zero-order chi connectivity index (χ0) is 11.2. The second kappa shape index (κ2) is 3.48. The highest BCUT2D eigenvalue weighted by atomic mass is 79.9. The fourth-order valence-corrected chi connectivity index (χ4v) is 2.51. The minimum atomic E-state index is -0.410. The van der Waals surface area contributed by atoms with Crippen LogP contribution in [-0.2, 0) is 9.53 Å². The molecule has 1 fully saturated rings. The molecule has 0 bridgehead atoms. The van der Waals surface area contributed by atoms with Crippen LogP contribution in [0.5, 0.6) is 0 Å². The van der Waals surface area contributed by atoms with Crippen molar-refractivity contribution in [2.24, 2.45) is 10.8 Å². The molecule has 4 heteroatoms. The number of hydrogen-bond donors (Lipinski definition) is 0. The van der Waals surface area contributed by atoms with E-state index in [-0.39, 0.29) is 14.6 Å². The van der Waals surface area contributed by atoms with E-state index >= 15 is 0 Å². The van der Waals surface area contributed by atoms with Crippen LogP contribution in [0.3, 0.4) is 0 Å². The van der Waals surface area contributed by atoms with Gasteiger partial charge in [0.15, 0.2) is 0 Å². The van der Waals surface area contributed by atoms with Crippen LogP contribution in [0, 0.1) is 10.8 Å². The SMILES string of the molecule is CC(C)(C)C(=O)OCC1(C)CC1(Br)Br. The van der Waals surface area contributed by atoms with E-state index in [0.29, 0.717) is 6.61 Å². The highest BCUT2D eigenvalue weighted by Crippen LogP contribution is 2.66. The van der Waals surface area contributed by atoms with Gasteiger partial charge in [-0.3, -0.25) is 4.79 Å². The minimum absolute atomic E-state index is 0.0356. The molecule has 82 valence electrons. The Hall–Kier alpha value is 0.430. The molecule has 14 heavy (non-hydrogen) atoms. The molecule has 0 aliphatic heterocycles. The monoisotopic (exact) mass is 326 g/mol. The van der Waals surface area contributed by atoms with Crippen LogP contribution in [0.2, 0.25) is 0 Å². The number of halogens is 2. The molecule has 0 spiro atoms. The summed E-state index contributed by atoms with van der Waals surface area (Å²) in [5.74, 6) is -0.138. The van der Waals surface area contributed by atoms with Gasteiger partial charge in [-0.2, -0.15) is 0 Å². The second-order valence-electron chi connectivity index (χ2n) is 5.27. The van der Waals surface area contributed by atoms with Gasteiger partial charge in [-0.05, 0) is 27.2 Å². The van der Waals surface area contributed by atoms with Gasteiger partial charge in [-0.25, -0.2) is 0 Å². The first kappa shape index (κ1) is 12.5. The third-order valence-corrected chi connectivity index (χ3v) is 4.98. The lowest BCUT2D eigenvalue weighted by atomic mass is 9.97. The fraction of sp³-hybridized carbons (Fsp3) is 0.900. The molecule has 0 aromatic heterocycles. The maximum atomic E-state index is 11.5. The third kappa shape index (κ3) is 2.51. The van der Waals surface area contributed by atoms with Crippen molar-refractivity contribution in [1.29, 1.82) is 0 Å². The Labute approximate surface area is 102 Å². The Bertz CT molecular complexity index is 255. The van der Waals surface area contributed by atoms with E-state index in [1.807, 2.05) is 20.8 Å². The molecular formula is C10H16Br2O2. The van der Waals surface area contributed by atoms with Crippen LogP contribution >= 0.6 is 31.9 Å². The van der Waals surface area contributed by atoms with E-state index in [0.717, 1.165) is 6.42 Å². The van der Waals surface area contributed by atoms with Gasteiger partial charge < -0.3 is 4.74 Å². The second-order valence-corrected chi connectivity index (χ2v) is 9.04. The Balaban J connectivity index is 2.40. The van der Waals surface area contributed by atoms with Crippen molar-refractivity contribution in [2.75, 3.05) is 6.61 Å². The molecule has 0 N–H and O–H groups in total. The molecule has 1 aliphatic carbocycles. The first-order valence-corrected chi connectivity index (χ1v) is 6.22. The van der Waals surface area contributed by atoms with Crippen LogP contribution in [0.15, 0.2) is 0 Å². The van der Waals surface area contributed by atoms with Gasteiger partial charge >= 0.3 is 5.97 Å². The molecule has 1 aliphatic rings. The number of ether oxygens (including phenoxy) is 1. The van der Waals surface area contributed by atoms with Gasteiger partial charge in [0.1, 0.15) is 0 Å². The van der Waals surface area contributed by atoms with Gasteiger partial charge in [-0.15, -0.1) is 0 Å². The molecule has 1 rings (SSSR count). The molecule has 1 unspecified atom stereocenters. The van der Waals surface area contributed by atoms with Crippen LogP contribution in [-0.4, -0.2) is 15.8 Å². The first-order chi connectivity index (χ1) is 6.08. The standard InChI is InChI=1S/C10H16Br2O2/c1-8(2,3)7(13)14-6-9(4)5-10(9,11)12/h5-6H2,1-4H3. The van der Waals surface area contributed by atoms with E-state index in [2.05, 4.69) is 38.8 Å². The van der Waals surface area contributed by atoms with E-state index in [1.54, 1.807) is 0 Å². The van der Waals surface area contributed by atoms with Crippen molar-refractivity contribution in [1.82, 2.24) is 0 Å². The summed E-state index contributed by atoms with van der Waals surface area (Å²) < 4.78 is 5.23. The molecule has 2 nitrogen and oxygen atoms in total. The predicted molar refractivity (Wildman–Crippen MR) is 63.7 cm³/mol. The topological polar surface area (TPSA) is 26.3 Å². The summed E-state index contributed by atoms with van der Waals surface area (Å²) >= 11 is 7.07. The first-order valence-electron chi connectivity index (χ1n) is 4.64.